The average Bonchev–Trinajstić information content (AvgIpc) is 2.18. The van der Waals surface area contributed by atoms with Crippen LogP contribution in [0.2, 0.25) is 0 Å². The van der Waals surface area contributed by atoms with E-state index in [0.29, 0.717) is 12.5 Å². The molecule has 1 rings (SSSR count). The molecule has 4 heteroatoms. The van der Waals surface area contributed by atoms with E-state index in [2.05, 4.69) is 10.2 Å². The summed E-state index contributed by atoms with van der Waals surface area (Å²) in [5, 5.41) is 11.8. The summed E-state index contributed by atoms with van der Waals surface area (Å²) in [4.78, 5) is 13.9. The summed E-state index contributed by atoms with van der Waals surface area (Å²) in [5.74, 6) is 0.133. The normalized spacial score (nSPS) is 16.3. The molecule has 1 aliphatic carbocycles. The maximum absolute atomic E-state index is 11.6. The molecule has 0 radical (unpaired) electrons. The Hall–Kier alpha value is -0.610. The minimum absolute atomic E-state index is 0.133. The van der Waals surface area contributed by atoms with Crippen molar-refractivity contribution in [2.24, 2.45) is 0 Å². The molecule has 0 unspecified atom stereocenters. The summed E-state index contributed by atoms with van der Waals surface area (Å²) >= 11 is 0. The lowest BCUT2D eigenvalue weighted by Gasteiger charge is -2.37. The second-order valence-corrected chi connectivity index (χ2v) is 5.17. The van der Waals surface area contributed by atoms with Crippen molar-refractivity contribution in [2.75, 3.05) is 19.7 Å². The molecule has 0 aromatic carbocycles. The quantitative estimate of drug-likeness (QED) is 0.671. The van der Waals surface area contributed by atoms with Gasteiger partial charge in [0.25, 0.3) is 0 Å². The number of aliphatic hydroxyl groups is 1. The third-order valence-corrected chi connectivity index (χ3v) is 3.27. The summed E-state index contributed by atoms with van der Waals surface area (Å²) in [5.41, 5.74) is 0. The van der Waals surface area contributed by atoms with Crippen LogP contribution in [0, 0.1) is 0 Å². The number of nitrogens with zero attached hydrogens (tertiary/aromatic N) is 1. The van der Waals surface area contributed by atoms with Crippen molar-refractivity contribution in [1.82, 2.24) is 10.2 Å². The minimum atomic E-state index is 0.133. The molecule has 1 fully saturated rings. The summed E-state index contributed by atoms with van der Waals surface area (Å²) in [7, 11) is 0. The summed E-state index contributed by atoms with van der Waals surface area (Å²) < 4.78 is 0. The van der Waals surface area contributed by atoms with Crippen molar-refractivity contribution in [2.45, 2.75) is 58.0 Å². The van der Waals surface area contributed by atoms with Crippen LogP contribution >= 0.6 is 0 Å². The second-order valence-electron chi connectivity index (χ2n) is 5.17. The number of amides is 1. The highest BCUT2D eigenvalue weighted by molar-refractivity contribution is 5.76. The predicted octanol–water partition coefficient (Wildman–Crippen LogP) is 1.14. The molecule has 0 aromatic heterocycles. The van der Waals surface area contributed by atoms with Crippen LogP contribution in [0.1, 0.15) is 46.0 Å². The number of hydrogen-bond donors (Lipinski definition) is 2. The fourth-order valence-corrected chi connectivity index (χ4v) is 2.14. The fourth-order valence-electron chi connectivity index (χ4n) is 2.14. The summed E-state index contributed by atoms with van der Waals surface area (Å²) in [6, 6.07) is 0.866. The van der Waals surface area contributed by atoms with Gasteiger partial charge in [-0.25, -0.2) is 0 Å². The number of carbonyl (C=O) groups is 1. The van der Waals surface area contributed by atoms with Crippen LogP contribution in [0.15, 0.2) is 0 Å². The Bertz CT molecular complexity index is 227. The van der Waals surface area contributed by atoms with Gasteiger partial charge in [0.15, 0.2) is 0 Å². The predicted molar refractivity (Wildman–Crippen MR) is 68.8 cm³/mol. The van der Waals surface area contributed by atoms with E-state index >= 15 is 0 Å². The molecule has 17 heavy (non-hydrogen) atoms. The third kappa shape index (κ3) is 5.50. The summed E-state index contributed by atoms with van der Waals surface area (Å²) in [6.07, 6.45) is 5.18. The van der Waals surface area contributed by atoms with Gasteiger partial charge in [-0.05, 0) is 33.1 Å². The van der Waals surface area contributed by atoms with Crippen LogP contribution < -0.4 is 5.32 Å². The van der Waals surface area contributed by atoms with Crippen molar-refractivity contribution in [1.29, 1.82) is 0 Å². The van der Waals surface area contributed by atoms with E-state index < -0.39 is 0 Å². The molecule has 0 saturated heterocycles. The fraction of sp³-hybridized carbons (Fsp3) is 0.923. The lowest BCUT2D eigenvalue weighted by Crippen LogP contribution is -2.43. The monoisotopic (exact) mass is 242 g/mol. The van der Waals surface area contributed by atoms with Crippen molar-refractivity contribution in [3.05, 3.63) is 0 Å². The van der Waals surface area contributed by atoms with Crippen molar-refractivity contribution >= 4 is 5.91 Å². The first-order chi connectivity index (χ1) is 8.13. The Labute approximate surface area is 104 Å². The van der Waals surface area contributed by atoms with E-state index in [4.69, 9.17) is 5.11 Å². The van der Waals surface area contributed by atoms with Gasteiger partial charge in [0.05, 0.1) is 0 Å². The lowest BCUT2D eigenvalue weighted by atomic mass is 9.91. The molecule has 1 amide bonds. The SMILES string of the molecule is CC(C)NC(=O)CCN(CCCO)C1CCC1. The van der Waals surface area contributed by atoms with Crippen molar-refractivity contribution < 1.29 is 9.90 Å². The molecule has 0 heterocycles. The molecule has 0 aromatic rings. The lowest BCUT2D eigenvalue weighted by molar-refractivity contribution is -0.122. The molecular weight excluding hydrogens is 216 g/mol. The zero-order chi connectivity index (χ0) is 12.7. The molecule has 1 aliphatic rings. The van der Waals surface area contributed by atoms with Crippen LogP contribution in [0.25, 0.3) is 0 Å². The van der Waals surface area contributed by atoms with Crippen molar-refractivity contribution in [3.8, 4) is 0 Å². The summed E-state index contributed by atoms with van der Waals surface area (Å²) in [6.45, 7) is 5.93. The largest absolute Gasteiger partial charge is 0.396 e. The highest BCUT2D eigenvalue weighted by atomic mass is 16.3. The van der Waals surface area contributed by atoms with Gasteiger partial charge in [0.1, 0.15) is 0 Å². The highest BCUT2D eigenvalue weighted by Crippen LogP contribution is 2.24. The van der Waals surface area contributed by atoms with Crippen LogP contribution in [0.4, 0.5) is 0 Å². The number of nitrogens with one attached hydrogen (secondary N) is 1. The Balaban J connectivity index is 2.25. The minimum Gasteiger partial charge on any atom is -0.396 e. The van der Waals surface area contributed by atoms with Crippen LogP contribution in [-0.2, 0) is 4.79 Å². The molecular formula is C13H26N2O2. The average molecular weight is 242 g/mol. The Morgan fingerprint density at radius 3 is 2.59 bits per heavy atom. The zero-order valence-corrected chi connectivity index (χ0v) is 11.1. The Kier molecular flexibility index (Phi) is 6.52. The molecule has 100 valence electrons. The van der Waals surface area contributed by atoms with Gasteiger partial charge in [-0.3, -0.25) is 9.69 Å². The van der Waals surface area contributed by atoms with Gasteiger partial charge in [-0.1, -0.05) is 6.42 Å². The molecule has 1 saturated carbocycles. The van der Waals surface area contributed by atoms with Crippen LogP contribution in [0.3, 0.4) is 0 Å². The van der Waals surface area contributed by atoms with Crippen LogP contribution in [-0.4, -0.2) is 47.7 Å². The highest BCUT2D eigenvalue weighted by Gasteiger charge is 2.24. The maximum atomic E-state index is 11.6. The molecule has 4 nitrogen and oxygen atoms in total. The second kappa shape index (κ2) is 7.67. The van der Waals surface area contributed by atoms with Gasteiger partial charge < -0.3 is 10.4 Å². The topological polar surface area (TPSA) is 52.6 Å². The van der Waals surface area contributed by atoms with Gasteiger partial charge in [-0.2, -0.15) is 0 Å². The Morgan fingerprint density at radius 1 is 1.41 bits per heavy atom. The molecule has 0 bridgehead atoms. The number of hydrogen-bond acceptors (Lipinski definition) is 3. The Morgan fingerprint density at radius 2 is 2.12 bits per heavy atom. The number of aliphatic hydroxyl groups excluding tert-OH is 1. The maximum Gasteiger partial charge on any atom is 0.221 e. The van der Waals surface area contributed by atoms with Gasteiger partial charge in [0, 0.05) is 38.2 Å². The third-order valence-electron chi connectivity index (χ3n) is 3.27. The molecule has 2 N–H and O–H groups in total. The zero-order valence-electron chi connectivity index (χ0n) is 11.1. The number of carbonyl (C=O) groups excluding carboxylic acids is 1. The van der Waals surface area contributed by atoms with Gasteiger partial charge in [-0.15, -0.1) is 0 Å². The van der Waals surface area contributed by atoms with E-state index in [-0.39, 0.29) is 18.6 Å². The van der Waals surface area contributed by atoms with Gasteiger partial charge in [0.2, 0.25) is 5.91 Å². The standard InChI is InChI=1S/C13H26N2O2/c1-11(2)14-13(17)7-9-15(8-4-10-16)12-5-3-6-12/h11-12,16H,3-10H2,1-2H3,(H,14,17). The first-order valence-corrected chi connectivity index (χ1v) is 6.77. The van der Waals surface area contributed by atoms with E-state index in [1.54, 1.807) is 0 Å². The van der Waals surface area contributed by atoms with Crippen molar-refractivity contribution in [3.63, 3.8) is 0 Å². The van der Waals surface area contributed by atoms with Gasteiger partial charge >= 0.3 is 0 Å². The first-order valence-electron chi connectivity index (χ1n) is 6.77. The molecule has 0 atom stereocenters. The molecule has 0 aliphatic heterocycles. The van der Waals surface area contributed by atoms with E-state index in [9.17, 15) is 4.79 Å². The molecule has 0 spiro atoms. The van der Waals surface area contributed by atoms with Crippen LogP contribution in [0.5, 0.6) is 0 Å². The van der Waals surface area contributed by atoms with E-state index in [1.807, 2.05) is 13.8 Å². The van der Waals surface area contributed by atoms with E-state index in [0.717, 1.165) is 19.5 Å². The van der Waals surface area contributed by atoms with E-state index in [1.165, 1.54) is 19.3 Å². The smallest absolute Gasteiger partial charge is 0.221 e. The number of rotatable bonds is 8. The first kappa shape index (κ1) is 14.5.